The van der Waals surface area contributed by atoms with Crippen LogP contribution in [-0.4, -0.2) is 75.7 Å². The number of fused-ring (bicyclic) bond motifs is 1. The highest BCUT2D eigenvalue weighted by Gasteiger charge is 2.76. The number of nitrogens with zero attached hydrogens (tertiary/aromatic N) is 1. The number of hydrogen-bond donors (Lipinski definition) is 2. The van der Waals surface area contributed by atoms with E-state index in [0.717, 1.165) is 6.42 Å². The predicted molar refractivity (Wildman–Crippen MR) is 117 cm³/mol. The fourth-order valence-electron chi connectivity index (χ4n) is 6.06. The van der Waals surface area contributed by atoms with Gasteiger partial charge in [-0.3, -0.25) is 14.4 Å². The van der Waals surface area contributed by atoms with Crippen LogP contribution < -0.4 is 5.32 Å². The van der Waals surface area contributed by atoms with Crippen LogP contribution in [-0.2, 0) is 23.9 Å². The third kappa shape index (κ3) is 4.25. The largest absolute Gasteiger partial charge is 0.466 e. The maximum atomic E-state index is 13.6. The summed E-state index contributed by atoms with van der Waals surface area (Å²) < 4.78 is 11.6. The molecule has 0 aliphatic carbocycles. The Labute approximate surface area is 192 Å². The summed E-state index contributed by atoms with van der Waals surface area (Å²) in [5.41, 5.74) is -1.64. The van der Waals surface area contributed by atoms with Crippen molar-refractivity contribution in [3.63, 3.8) is 0 Å². The minimum atomic E-state index is -1.12. The highest BCUT2D eigenvalue weighted by atomic mass is 79.9. The van der Waals surface area contributed by atoms with Crippen LogP contribution in [0.3, 0.4) is 0 Å². The van der Waals surface area contributed by atoms with Gasteiger partial charge in [-0.15, -0.1) is 0 Å². The maximum Gasteiger partial charge on any atom is 0.312 e. The molecule has 0 radical (unpaired) electrons. The van der Waals surface area contributed by atoms with E-state index in [4.69, 9.17) is 9.47 Å². The van der Waals surface area contributed by atoms with Crippen LogP contribution in [0.5, 0.6) is 0 Å². The molecule has 2 amide bonds. The molecule has 0 aromatic rings. The minimum absolute atomic E-state index is 0.00535. The van der Waals surface area contributed by atoms with Crippen molar-refractivity contribution in [3.8, 4) is 0 Å². The molecule has 3 fully saturated rings. The highest BCUT2D eigenvalue weighted by Crippen LogP contribution is 2.60. The lowest BCUT2D eigenvalue weighted by Crippen LogP contribution is -2.59. The van der Waals surface area contributed by atoms with Gasteiger partial charge in [0.1, 0.15) is 11.6 Å². The number of rotatable bonds is 7. The standard InChI is InChI=1S/C22H35BrN2O6/c1-7-30-19(29)13-14-18(28)25(8-9-26)16(22(14)10-12(23)15(13)31-22)17(27)24-21(5,6)11-20(2,3)4/h12-16,26H,7-11H2,1-6H3,(H,24,27)/t12?,13-,14+,15-,16-,22+/m0/s1. The summed E-state index contributed by atoms with van der Waals surface area (Å²) in [5.74, 6) is -2.69. The quantitative estimate of drug-likeness (QED) is 0.404. The molecule has 6 atom stereocenters. The van der Waals surface area contributed by atoms with Gasteiger partial charge in [0.15, 0.2) is 0 Å². The summed E-state index contributed by atoms with van der Waals surface area (Å²) in [6.07, 6.45) is 0.643. The molecule has 3 rings (SSSR count). The average molecular weight is 503 g/mol. The van der Waals surface area contributed by atoms with Gasteiger partial charge < -0.3 is 24.8 Å². The van der Waals surface area contributed by atoms with Crippen LogP contribution in [0.1, 0.15) is 54.4 Å². The first-order valence-electron chi connectivity index (χ1n) is 11.0. The van der Waals surface area contributed by atoms with Crippen molar-refractivity contribution in [1.29, 1.82) is 0 Å². The monoisotopic (exact) mass is 502 g/mol. The molecule has 31 heavy (non-hydrogen) atoms. The Kier molecular flexibility index (Phi) is 6.55. The molecule has 0 aromatic carbocycles. The molecule has 9 heteroatoms. The van der Waals surface area contributed by atoms with Gasteiger partial charge in [-0.05, 0) is 39.0 Å². The Balaban J connectivity index is 1.97. The zero-order valence-corrected chi connectivity index (χ0v) is 20.8. The van der Waals surface area contributed by atoms with Crippen molar-refractivity contribution in [2.24, 2.45) is 17.3 Å². The molecule has 1 unspecified atom stereocenters. The number of aliphatic hydroxyl groups excluding tert-OH is 1. The van der Waals surface area contributed by atoms with Crippen LogP contribution in [0.15, 0.2) is 0 Å². The summed E-state index contributed by atoms with van der Waals surface area (Å²) in [7, 11) is 0. The second kappa shape index (κ2) is 8.30. The van der Waals surface area contributed by atoms with Crippen molar-refractivity contribution in [2.75, 3.05) is 19.8 Å². The summed E-state index contributed by atoms with van der Waals surface area (Å²) in [6.45, 7) is 11.9. The van der Waals surface area contributed by atoms with E-state index >= 15 is 0 Å². The molecule has 3 aliphatic heterocycles. The Morgan fingerprint density at radius 2 is 1.97 bits per heavy atom. The second-order valence-electron chi connectivity index (χ2n) is 10.8. The van der Waals surface area contributed by atoms with E-state index in [1.807, 2.05) is 13.8 Å². The topological polar surface area (TPSA) is 105 Å². The van der Waals surface area contributed by atoms with Crippen molar-refractivity contribution in [2.45, 2.75) is 82.5 Å². The number of likely N-dealkylation sites (tertiary alicyclic amines) is 1. The van der Waals surface area contributed by atoms with Gasteiger partial charge in [0.05, 0.1) is 31.2 Å². The van der Waals surface area contributed by atoms with Gasteiger partial charge in [-0.25, -0.2) is 0 Å². The number of amides is 2. The number of carbonyl (C=O) groups is 3. The van der Waals surface area contributed by atoms with E-state index in [9.17, 15) is 19.5 Å². The fourth-order valence-corrected chi connectivity index (χ4v) is 7.00. The van der Waals surface area contributed by atoms with Gasteiger partial charge in [-0.1, -0.05) is 36.7 Å². The molecule has 0 aromatic heterocycles. The summed E-state index contributed by atoms with van der Waals surface area (Å²) in [6, 6.07) is -0.916. The third-order valence-electron chi connectivity index (χ3n) is 6.37. The molecule has 176 valence electrons. The Morgan fingerprint density at radius 1 is 1.32 bits per heavy atom. The molecular weight excluding hydrogens is 468 g/mol. The first-order valence-corrected chi connectivity index (χ1v) is 11.9. The fraction of sp³-hybridized carbons (Fsp3) is 0.864. The lowest BCUT2D eigenvalue weighted by atomic mass is 9.70. The van der Waals surface area contributed by atoms with E-state index in [1.54, 1.807) is 6.92 Å². The minimum Gasteiger partial charge on any atom is -0.466 e. The normalized spacial score (nSPS) is 34.8. The molecule has 2 bridgehead atoms. The average Bonchev–Trinajstić information content (AvgIpc) is 3.17. The van der Waals surface area contributed by atoms with E-state index in [2.05, 4.69) is 42.0 Å². The van der Waals surface area contributed by atoms with Crippen LogP contribution in [0.25, 0.3) is 0 Å². The number of carbonyl (C=O) groups excluding carboxylic acids is 3. The van der Waals surface area contributed by atoms with Gasteiger partial charge in [0.25, 0.3) is 0 Å². The van der Waals surface area contributed by atoms with Crippen LogP contribution in [0, 0.1) is 17.3 Å². The zero-order valence-electron chi connectivity index (χ0n) is 19.2. The summed E-state index contributed by atoms with van der Waals surface area (Å²) in [5, 5.41) is 12.7. The first-order chi connectivity index (χ1) is 14.3. The van der Waals surface area contributed by atoms with E-state index < -0.39 is 41.1 Å². The predicted octanol–water partition coefficient (Wildman–Crippen LogP) is 1.62. The van der Waals surface area contributed by atoms with Crippen molar-refractivity contribution in [3.05, 3.63) is 0 Å². The molecule has 1 spiro atoms. The van der Waals surface area contributed by atoms with Crippen molar-refractivity contribution >= 4 is 33.7 Å². The van der Waals surface area contributed by atoms with E-state index in [0.29, 0.717) is 6.42 Å². The summed E-state index contributed by atoms with van der Waals surface area (Å²) in [4.78, 5) is 41.0. The zero-order chi connectivity index (χ0) is 23.4. The second-order valence-corrected chi connectivity index (χ2v) is 12.0. The number of β-amino-alcohol motifs (C(OH)–C–C–N with tert-alkyl or cyclic N) is 1. The van der Waals surface area contributed by atoms with Crippen LogP contribution >= 0.6 is 15.9 Å². The van der Waals surface area contributed by atoms with Gasteiger partial charge in [0, 0.05) is 16.9 Å². The molecule has 3 saturated heterocycles. The van der Waals surface area contributed by atoms with E-state index in [-0.39, 0.29) is 41.8 Å². The van der Waals surface area contributed by atoms with Gasteiger partial charge >= 0.3 is 5.97 Å². The molecule has 2 N–H and O–H groups in total. The first kappa shape index (κ1) is 24.5. The van der Waals surface area contributed by atoms with Crippen molar-refractivity contribution < 1.29 is 29.0 Å². The SMILES string of the molecule is CCOC(=O)[C@@H]1[C@H]2O[C@@]3(CC2Br)[C@H](C(=O)NC(C)(C)CC(C)(C)C)N(CCO)C(=O)[C@@H]13. The third-order valence-corrected chi connectivity index (χ3v) is 7.22. The molecular formula is C22H35BrN2O6. The number of hydrogen-bond acceptors (Lipinski definition) is 6. The lowest BCUT2D eigenvalue weighted by Gasteiger charge is -2.38. The van der Waals surface area contributed by atoms with E-state index in [1.165, 1.54) is 4.90 Å². The summed E-state index contributed by atoms with van der Waals surface area (Å²) >= 11 is 3.60. The van der Waals surface area contributed by atoms with Gasteiger partial charge in [-0.2, -0.15) is 0 Å². The van der Waals surface area contributed by atoms with Crippen LogP contribution in [0.2, 0.25) is 0 Å². The molecule has 0 saturated carbocycles. The lowest BCUT2D eigenvalue weighted by molar-refractivity contribution is -0.154. The number of aliphatic hydroxyl groups is 1. The Bertz CT molecular complexity index is 751. The molecule has 3 aliphatic rings. The van der Waals surface area contributed by atoms with Gasteiger partial charge in [0.2, 0.25) is 11.8 Å². The Morgan fingerprint density at radius 3 is 2.52 bits per heavy atom. The number of ether oxygens (including phenoxy) is 2. The van der Waals surface area contributed by atoms with Crippen LogP contribution in [0.4, 0.5) is 0 Å². The maximum absolute atomic E-state index is 13.6. The highest BCUT2D eigenvalue weighted by molar-refractivity contribution is 9.09. The molecule has 8 nitrogen and oxygen atoms in total. The number of nitrogens with one attached hydrogen (secondary N) is 1. The van der Waals surface area contributed by atoms with Crippen molar-refractivity contribution in [1.82, 2.24) is 10.2 Å². The Hall–Kier alpha value is -1.19. The number of esters is 1. The smallest absolute Gasteiger partial charge is 0.312 e. The number of alkyl halides is 1. The molecule has 3 heterocycles. The number of halogens is 1.